The van der Waals surface area contributed by atoms with Crippen LogP contribution in [-0.4, -0.2) is 41.9 Å². The van der Waals surface area contributed by atoms with Crippen molar-refractivity contribution in [1.29, 1.82) is 0 Å². The Balaban J connectivity index is 0.00000140. The number of hydrogen-bond donors (Lipinski definition) is 2. The second-order valence-corrected chi connectivity index (χ2v) is 9.55. The van der Waals surface area contributed by atoms with E-state index in [0.29, 0.717) is 17.1 Å². The quantitative estimate of drug-likeness (QED) is 0.669. The van der Waals surface area contributed by atoms with Crippen LogP contribution in [0.3, 0.4) is 0 Å². The molecule has 2 aromatic rings. The highest BCUT2D eigenvalue weighted by molar-refractivity contribution is 7.16. The molecule has 0 aromatic carbocycles. The van der Waals surface area contributed by atoms with E-state index in [2.05, 4.69) is 33.8 Å². The lowest BCUT2D eigenvalue weighted by atomic mass is 10.0. The van der Waals surface area contributed by atoms with Crippen LogP contribution in [0.15, 0.2) is 6.07 Å². The van der Waals surface area contributed by atoms with Crippen LogP contribution in [0.1, 0.15) is 50.3 Å². The summed E-state index contributed by atoms with van der Waals surface area (Å²) < 4.78 is 5.43. The summed E-state index contributed by atoms with van der Waals surface area (Å²) in [5.74, 6) is 1.19. The highest BCUT2D eigenvalue weighted by Gasteiger charge is 2.40. The molecule has 2 fully saturated rings. The van der Waals surface area contributed by atoms with Gasteiger partial charge in [-0.2, -0.15) is 0 Å². The number of hydrogen-bond acceptors (Lipinski definition) is 7. The molecule has 2 aromatic heterocycles. The van der Waals surface area contributed by atoms with Crippen molar-refractivity contribution in [3.8, 4) is 0 Å². The lowest BCUT2D eigenvalue weighted by Crippen LogP contribution is -2.29. The van der Waals surface area contributed by atoms with Gasteiger partial charge in [0.25, 0.3) is 5.91 Å². The zero-order chi connectivity index (χ0) is 18.1. The predicted molar refractivity (Wildman–Crippen MR) is 119 cm³/mol. The number of carbonyl (C=O) groups excluding carboxylic acids is 1. The number of amides is 1. The van der Waals surface area contributed by atoms with E-state index in [-0.39, 0.29) is 30.7 Å². The molecule has 0 spiro atoms. The van der Waals surface area contributed by atoms with Crippen molar-refractivity contribution >= 4 is 58.5 Å². The number of nitrogens with one attached hydrogen (secondary N) is 2. The Morgan fingerprint density at radius 1 is 1.21 bits per heavy atom. The van der Waals surface area contributed by atoms with Gasteiger partial charge in [0, 0.05) is 30.1 Å². The number of aromatic nitrogens is 2. The average molecular weight is 465 g/mol. The molecule has 2 N–H and O–H groups in total. The van der Waals surface area contributed by atoms with Gasteiger partial charge in [-0.3, -0.25) is 10.1 Å². The van der Waals surface area contributed by atoms with Gasteiger partial charge in [0.15, 0.2) is 0 Å². The van der Waals surface area contributed by atoms with Crippen molar-refractivity contribution in [2.24, 2.45) is 5.92 Å². The topological polar surface area (TPSA) is 76.1 Å². The molecule has 6 nitrogen and oxygen atoms in total. The lowest BCUT2D eigenvalue weighted by molar-refractivity contribution is 0.0662. The summed E-state index contributed by atoms with van der Waals surface area (Å²) in [6.07, 6.45) is 3.49. The molecule has 2 atom stereocenters. The Labute approximate surface area is 185 Å². The number of halogens is 2. The number of rotatable bonds is 6. The molecule has 156 valence electrons. The minimum absolute atomic E-state index is 0. The Kier molecular flexibility index (Phi) is 8.66. The first-order valence-corrected chi connectivity index (χ1v) is 10.8. The van der Waals surface area contributed by atoms with Crippen molar-refractivity contribution < 1.29 is 9.53 Å². The van der Waals surface area contributed by atoms with Gasteiger partial charge < -0.3 is 10.1 Å². The van der Waals surface area contributed by atoms with Crippen molar-refractivity contribution in [3.05, 3.63) is 26.4 Å². The molecule has 1 aliphatic heterocycles. The van der Waals surface area contributed by atoms with Crippen molar-refractivity contribution in [1.82, 2.24) is 15.5 Å². The van der Waals surface area contributed by atoms with Crippen LogP contribution in [0.5, 0.6) is 0 Å². The number of anilines is 1. The first-order valence-electron chi connectivity index (χ1n) is 9.13. The van der Waals surface area contributed by atoms with Crippen molar-refractivity contribution in [3.63, 3.8) is 0 Å². The summed E-state index contributed by atoms with van der Waals surface area (Å²) in [4.78, 5) is 14.4. The molecule has 0 radical (unpaired) electrons. The zero-order valence-electron chi connectivity index (χ0n) is 15.9. The van der Waals surface area contributed by atoms with Crippen molar-refractivity contribution in [2.75, 3.05) is 25.1 Å². The second-order valence-electron chi connectivity index (χ2n) is 7.12. The van der Waals surface area contributed by atoms with Gasteiger partial charge in [-0.05, 0) is 57.2 Å². The summed E-state index contributed by atoms with van der Waals surface area (Å²) in [6.45, 7) is 6.87. The third-order valence-electron chi connectivity index (χ3n) is 5.13. The summed E-state index contributed by atoms with van der Waals surface area (Å²) in [6, 6.07) is 2.61. The Morgan fingerprint density at radius 2 is 1.96 bits per heavy atom. The molecule has 1 saturated heterocycles. The van der Waals surface area contributed by atoms with E-state index in [1.165, 1.54) is 21.8 Å². The molecular weight excluding hydrogens is 439 g/mol. The fourth-order valence-electron chi connectivity index (χ4n) is 3.51. The summed E-state index contributed by atoms with van der Waals surface area (Å²) in [7, 11) is 0. The van der Waals surface area contributed by atoms with E-state index >= 15 is 0 Å². The maximum absolute atomic E-state index is 12.5. The molecule has 3 heterocycles. The van der Waals surface area contributed by atoms with Gasteiger partial charge in [0.05, 0.1) is 4.88 Å². The predicted octanol–water partition coefficient (Wildman–Crippen LogP) is 4.18. The second kappa shape index (κ2) is 10.3. The largest absolute Gasteiger partial charge is 0.381 e. The lowest BCUT2D eigenvalue weighted by Gasteiger charge is -2.22. The van der Waals surface area contributed by atoms with E-state index < -0.39 is 0 Å². The SMILES string of the molecule is Cc1nnc(NC(=O)c2cc(C3CC3NCC3CCOCC3)c(C)s2)s1.Cl.Cl. The van der Waals surface area contributed by atoms with Gasteiger partial charge >= 0.3 is 0 Å². The minimum atomic E-state index is -0.0899. The van der Waals surface area contributed by atoms with Gasteiger partial charge in [-0.1, -0.05) is 11.3 Å². The molecular formula is C18H26Cl2N4O2S2. The summed E-state index contributed by atoms with van der Waals surface area (Å²) in [5.41, 5.74) is 1.32. The van der Waals surface area contributed by atoms with E-state index in [4.69, 9.17) is 4.74 Å². The Hall–Kier alpha value is -0.770. The molecule has 2 unspecified atom stereocenters. The van der Waals surface area contributed by atoms with E-state index in [0.717, 1.165) is 54.8 Å². The summed E-state index contributed by atoms with van der Waals surface area (Å²) in [5, 5.41) is 15.9. The van der Waals surface area contributed by atoms with Gasteiger partial charge in [-0.25, -0.2) is 0 Å². The van der Waals surface area contributed by atoms with Gasteiger partial charge in [0.2, 0.25) is 5.13 Å². The maximum atomic E-state index is 12.5. The number of aryl methyl sites for hydroxylation is 2. The normalized spacial score (nSPS) is 21.5. The molecule has 4 rings (SSSR count). The Bertz CT molecular complexity index is 792. The monoisotopic (exact) mass is 464 g/mol. The number of carbonyl (C=O) groups is 1. The molecule has 2 aliphatic rings. The van der Waals surface area contributed by atoms with Crippen LogP contribution in [-0.2, 0) is 4.74 Å². The number of nitrogens with zero attached hydrogens (tertiary/aromatic N) is 2. The fraction of sp³-hybridized carbons (Fsp3) is 0.611. The summed E-state index contributed by atoms with van der Waals surface area (Å²) >= 11 is 2.96. The molecule has 1 amide bonds. The molecule has 1 saturated carbocycles. The number of ether oxygens (including phenoxy) is 1. The van der Waals surface area contributed by atoms with Crippen molar-refractivity contribution in [2.45, 2.75) is 45.1 Å². The van der Waals surface area contributed by atoms with E-state index in [1.807, 2.05) is 6.92 Å². The van der Waals surface area contributed by atoms with Gasteiger partial charge in [0.1, 0.15) is 5.01 Å². The van der Waals surface area contributed by atoms with E-state index in [9.17, 15) is 4.79 Å². The maximum Gasteiger partial charge on any atom is 0.267 e. The highest BCUT2D eigenvalue weighted by Crippen LogP contribution is 2.44. The van der Waals surface area contributed by atoms with Crippen LogP contribution >= 0.6 is 47.5 Å². The first-order chi connectivity index (χ1) is 12.6. The standard InChI is InChI=1S/C18H24N4O2S2.2ClH/c1-10-13(14-7-15(14)19-9-12-3-5-24-6-4-12)8-16(25-10)17(23)20-18-22-21-11(2)26-18;;/h8,12,14-15,19H,3-7,9H2,1-2H3,(H,20,22,23);2*1H. The van der Waals surface area contributed by atoms with Crippen LogP contribution in [0.2, 0.25) is 0 Å². The van der Waals surface area contributed by atoms with Crippen LogP contribution < -0.4 is 10.6 Å². The smallest absolute Gasteiger partial charge is 0.267 e. The van der Waals surface area contributed by atoms with E-state index in [1.54, 1.807) is 11.3 Å². The molecule has 10 heteroatoms. The molecule has 1 aliphatic carbocycles. The molecule has 28 heavy (non-hydrogen) atoms. The minimum Gasteiger partial charge on any atom is -0.381 e. The third kappa shape index (κ3) is 5.64. The first kappa shape index (κ1) is 23.5. The van der Waals surface area contributed by atoms with Crippen LogP contribution in [0.4, 0.5) is 5.13 Å². The van der Waals surface area contributed by atoms with Gasteiger partial charge in [-0.15, -0.1) is 46.3 Å². The number of thiophene rings is 1. The zero-order valence-corrected chi connectivity index (χ0v) is 19.2. The average Bonchev–Trinajstić information content (AvgIpc) is 3.12. The third-order valence-corrected chi connectivity index (χ3v) is 6.95. The fourth-order valence-corrected chi connectivity index (χ4v) is 5.09. The van der Waals surface area contributed by atoms with Crippen LogP contribution in [0, 0.1) is 19.8 Å². The Morgan fingerprint density at radius 3 is 2.64 bits per heavy atom. The van der Waals surface area contributed by atoms with Crippen LogP contribution in [0.25, 0.3) is 0 Å². The highest BCUT2D eigenvalue weighted by atomic mass is 35.5. The molecule has 0 bridgehead atoms.